The van der Waals surface area contributed by atoms with Crippen LogP contribution in [0.5, 0.6) is 0 Å². The van der Waals surface area contributed by atoms with Crippen molar-refractivity contribution in [3.63, 3.8) is 0 Å². The number of hydrogen-bond acceptors (Lipinski definition) is 3. The molecule has 1 heterocycles. The second-order valence-electron chi connectivity index (χ2n) is 4.08. The molecule has 0 bridgehead atoms. The molecule has 1 amide bonds. The largest absolute Gasteiger partial charge is 0.379 e. The zero-order valence-corrected chi connectivity index (χ0v) is 9.34. The number of ether oxygens (including phenoxy) is 1. The molecule has 1 aliphatic heterocycles. The lowest BCUT2D eigenvalue weighted by molar-refractivity contribution is -0.122. The van der Waals surface area contributed by atoms with Gasteiger partial charge in [0.2, 0.25) is 5.91 Å². The fourth-order valence-electron chi connectivity index (χ4n) is 1.76. The molecule has 0 radical (unpaired) electrons. The van der Waals surface area contributed by atoms with Crippen molar-refractivity contribution in [1.29, 1.82) is 0 Å². The van der Waals surface area contributed by atoms with Crippen LogP contribution < -0.4 is 11.1 Å². The van der Waals surface area contributed by atoms with E-state index in [1.165, 1.54) is 0 Å². The van der Waals surface area contributed by atoms with Crippen molar-refractivity contribution in [2.75, 3.05) is 19.8 Å². The molecule has 0 saturated carbocycles. The minimum Gasteiger partial charge on any atom is -0.379 e. The molecule has 4 nitrogen and oxygen atoms in total. The fraction of sp³-hybridized carbons (Fsp3) is 0.909. The molecular weight excluding hydrogens is 192 g/mol. The van der Waals surface area contributed by atoms with Gasteiger partial charge < -0.3 is 15.8 Å². The van der Waals surface area contributed by atoms with E-state index in [1.54, 1.807) is 0 Å². The van der Waals surface area contributed by atoms with Crippen LogP contribution in [0.4, 0.5) is 0 Å². The molecule has 1 fully saturated rings. The Kier molecular flexibility index (Phi) is 6.36. The van der Waals surface area contributed by atoms with Gasteiger partial charge in [0, 0.05) is 13.0 Å². The Hall–Kier alpha value is -0.610. The lowest BCUT2D eigenvalue weighted by Crippen LogP contribution is -2.40. The second kappa shape index (κ2) is 7.65. The Morgan fingerprint density at radius 1 is 1.40 bits per heavy atom. The number of nitrogens with two attached hydrogens (primary N) is 1. The molecule has 0 aromatic heterocycles. The van der Waals surface area contributed by atoms with Crippen molar-refractivity contribution in [1.82, 2.24) is 5.32 Å². The van der Waals surface area contributed by atoms with Gasteiger partial charge >= 0.3 is 0 Å². The van der Waals surface area contributed by atoms with Gasteiger partial charge in [-0.3, -0.25) is 4.79 Å². The maximum atomic E-state index is 11.5. The first-order valence-electron chi connectivity index (χ1n) is 5.90. The van der Waals surface area contributed by atoms with Gasteiger partial charge in [0.15, 0.2) is 0 Å². The first kappa shape index (κ1) is 12.5. The molecular formula is C11H22N2O2. The smallest absolute Gasteiger partial charge is 0.220 e. The zero-order chi connectivity index (χ0) is 10.9. The summed E-state index contributed by atoms with van der Waals surface area (Å²) in [6.07, 6.45) is 5.73. The number of carbonyl (C=O) groups is 1. The van der Waals surface area contributed by atoms with Crippen molar-refractivity contribution >= 4 is 5.91 Å². The van der Waals surface area contributed by atoms with E-state index in [0.29, 0.717) is 13.0 Å². The second-order valence-corrected chi connectivity index (χ2v) is 4.08. The number of hydrogen-bond donors (Lipinski definition) is 2. The van der Waals surface area contributed by atoms with E-state index in [0.717, 1.165) is 45.3 Å². The third kappa shape index (κ3) is 5.74. The Labute approximate surface area is 91.5 Å². The van der Waals surface area contributed by atoms with Crippen LogP contribution in [0, 0.1) is 0 Å². The van der Waals surface area contributed by atoms with E-state index in [-0.39, 0.29) is 11.9 Å². The summed E-state index contributed by atoms with van der Waals surface area (Å²) >= 11 is 0. The van der Waals surface area contributed by atoms with Crippen LogP contribution >= 0.6 is 0 Å². The summed E-state index contributed by atoms with van der Waals surface area (Å²) in [4.78, 5) is 11.5. The third-order valence-corrected chi connectivity index (χ3v) is 2.63. The van der Waals surface area contributed by atoms with Crippen LogP contribution in [-0.2, 0) is 9.53 Å². The summed E-state index contributed by atoms with van der Waals surface area (Å²) in [6, 6.07) is 0.237. The summed E-state index contributed by atoms with van der Waals surface area (Å²) in [6.45, 7) is 2.23. The first-order chi connectivity index (χ1) is 7.33. The van der Waals surface area contributed by atoms with E-state index < -0.39 is 0 Å². The molecule has 1 atom stereocenters. The van der Waals surface area contributed by atoms with Gasteiger partial charge in [-0.25, -0.2) is 0 Å². The summed E-state index contributed by atoms with van der Waals surface area (Å²) in [5.41, 5.74) is 5.38. The Bertz CT molecular complexity index is 179. The Balaban J connectivity index is 2.01. The molecule has 0 aliphatic carbocycles. The molecule has 88 valence electrons. The van der Waals surface area contributed by atoms with Gasteiger partial charge in [-0.2, -0.15) is 0 Å². The van der Waals surface area contributed by atoms with E-state index in [1.807, 2.05) is 0 Å². The SMILES string of the molecule is NCCCCCC(=O)NC1CCCOC1. The highest BCUT2D eigenvalue weighted by molar-refractivity contribution is 5.76. The average Bonchev–Trinajstić information content (AvgIpc) is 2.26. The molecule has 1 saturated heterocycles. The Morgan fingerprint density at radius 2 is 2.27 bits per heavy atom. The molecule has 15 heavy (non-hydrogen) atoms. The van der Waals surface area contributed by atoms with Crippen molar-refractivity contribution < 1.29 is 9.53 Å². The lowest BCUT2D eigenvalue weighted by atomic mass is 10.1. The maximum absolute atomic E-state index is 11.5. The monoisotopic (exact) mass is 214 g/mol. The third-order valence-electron chi connectivity index (χ3n) is 2.63. The van der Waals surface area contributed by atoms with Crippen LogP contribution in [-0.4, -0.2) is 31.7 Å². The Morgan fingerprint density at radius 3 is 2.93 bits per heavy atom. The van der Waals surface area contributed by atoms with E-state index in [4.69, 9.17) is 10.5 Å². The molecule has 1 unspecified atom stereocenters. The molecule has 0 aromatic rings. The van der Waals surface area contributed by atoms with Gasteiger partial charge in [0.1, 0.15) is 0 Å². The standard InChI is InChI=1S/C11H22N2O2/c12-7-3-1-2-6-11(14)13-10-5-4-8-15-9-10/h10H,1-9,12H2,(H,13,14). The minimum absolute atomic E-state index is 0.155. The van der Waals surface area contributed by atoms with Crippen molar-refractivity contribution in [3.8, 4) is 0 Å². The van der Waals surface area contributed by atoms with Gasteiger partial charge in [-0.15, -0.1) is 0 Å². The first-order valence-corrected chi connectivity index (χ1v) is 5.90. The van der Waals surface area contributed by atoms with Crippen molar-refractivity contribution in [2.45, 2.75) is 44.6 Å². The molecule has 1 rings (SSSR count). The molecule has 0 spiro atoms. The molecule has 4 heteroatoms. The van der Waals surface area contributed by atoms with Crippen LogP contribution in [0.1, 0.15) is 38.5 Å². The summed E-state index contributed by atoms with van der Waals surface area (Å²) in [5.74, 6) is 0.155. The number of rotatable bonds is 6. The van der Waals surface area contributed by atoms with Crippen LogP contribution in [0.3, 0.4) is 0 Å². The quantitative estimate of drug-likeness (QED) is 0.643. The van der Waals surface area contributed by atoms with Gasteiger partial charge in [0.05, 0.1) is 12.6 Å². The average molecular weight is 214 g/mol. The van der Waals surface area contributed by atoms with Crippen molar-refractivity contribution in [3.05, 3.63) is 0 Å². The van der Waals surface area contributed by atoms with Crippen molar-refractivity contribution in [2.24, 2.45) is 5.73 Å². The number of amides is 1. The van der Waals surface area contributed by atoms with Crippen LogP contribution in [0.2, 0.25) is 0 Å². The van der Waals surface area contributed by atoms with Gasteiger partial charge in [-0.05, 0) is 32.2 Å². The van der Waals surface area contributed by atoms with Crippen LogP contribution in [0.25, 0.3) is 0 Å². The van der Waals surface area contributed by atoms with E-state index in [2.05, 4.69) is 5.32 Å². The zero-order valence-electron chi connectivity index (χ0n) is 9.34. The predicted molar refractivity (Wildman–Crippen MR) is 59.5 cm³/mol. The fourth-order valence-corrected chi connectivity index (χ4v) is 1.76. The molecule has 0 aromatic carbocycles. The minimum atomic E-state index is 0.155. The lowest BCUT2D eigenvalue weighted by Gasteiger charge is -2.23. The predicted octanol–water partition coefficient (Wildman–Crippen LogP) is 0.801. The summed E-state index contributed by atoms with van der Waals surface area (Å²) in [7, 11) is 0. The molecule has 3 N–H and O–H groups in total. The maximum Gasteiger partial charge on any atom is 0.220 e. The van der Waals surface area contributed by atoms with Crippen LogP contribution in [0.15, 0.2) is 0 Å². The van der Waals surface area contributed by atoms with E-state index >= 15 is 0 Å². The number of unbranched alkanes of at least 4 members (excludes halogenated alkanes) is 2. The summed E-state index contributed by atoms with van der Waals surface area (Å²) in [5, 5.41) is 3.00. The number of carbonyl (C=O) groups excluding carboxylic acids is 1. The molecule has 1 aliphatic rings. The highest BCUT2D eigenvalue weighted by Gasteiger charge is 2.15. The highest BCUT2D eigenvalue weighted by atomic mass is 16.5. The van der Waals surface area contributed by atoms with Gasteiger partial charge in [0.25, 0.3) is 0 Å². The topological polar surface area (TPSA) is 64.4 Å². The highest BCUT2D eigenvalue weighted by Crippen LogP contribution is 2.06. The summed E-state index contributed by atoms with van der Waals surface area (Å²) < 4.78 is 5.29. The number of nitrogens with one attached hydrogen (secondary N) is 1. The normalized spacial score (nSPS) is 21.3. The van der Waals surface area contributed by atoms with E-state index in [9.17, 15) is 4.79 Å². The van der Waals surface area contributed by atoms with Gasteiger partial charge in [-0.1, -0.05) is 6.42 Å².